The van der Waals surface area contributed by atoms with Gasteiger partial charge in [0.25, 0.3) is 0 Å². The average molecular weight is 334 g/mol. The summed E-state index contributed by atoms with van der Waals surface area (Å²) in [6.45, 7) is 10.3. The molecule has 0 spiro atoms. The van der Waals surface area contributed by atoms with Crippen molar-refractivity contribution < 1.29 is 9.53 Å². The van der Waals surface area contributed by atoms with E-state index in [1.165, 1.54) is 0 Å². The molecule has 1 fully saturated rings. The molecule has 2 rings (SSSR count). The van der Waals surface area contributed by atoms with Gasteiger partial charge in [-0.15, -0.1) is 0 Å². The van der Waals surface area contributed by atoms with Crippen molar-refractivity contribution >= 4 is 11.7 Å². The van der Waals surface area contributed by atoms with Crippen LogP contribution in [0.3, 0.4) is 0 Å². The van der Waals surface area contributed by atoms with E-state index < -0.39 is 0 Å². The minimum Gasteiger partial charge on any atom is -0.497 e. The first kappa shape index (κ1) is 18.5. The second-order valence-corrected chi connectivity index (χ2v) is 6.72. The zero-order valence-corrected chi connectivity index (χ0v) is 15.3. The number of hydrogen-bond acceptors (Lipinski definition) is 4. The van der Waals surface area contributed by atoms with Crippen LogP contribution in [0.1, 0.15) is 12.5 Å². The molecule has 1 aliphatic rings. The quantitative estimate of drug-likeness (QED) is 0.836. The summed E-state index contributed by atoms with van der Waals surface area (Å²) in [6.07, 6.45) is 0. The molecule has 1 atom stereocenters. The lowest BCUT2D eigenvalue weighted by molar-refractivity contribution is 0.138. The molecule has 2 amide bonds. The van der Waals surface area contributed by atoms with E-state index in [0.29, 0.717) is 12.5 Å². The molecule has 1 aromatic carbocycles. The van der Waals surface area contributed by atoms with Gasteiger partial charge in [-0.2, -0.15) is 0 Å². The molecule has 1 heterocycles. The molecule has 6 heteroatoms. The summed E-state index contributed by atoms with van der Waals surface area (Å²) < 4.78 is 5.18. The first-order valence-electron chi connectivity index (χ1n) is 8.58. The molecular formula is C18H30N4O2. The third-order valence-corrected chi connectivity index (χ3v) is 4.46. The van der Waals surface area contributed by atoms with Crippen molar-refractivity contribution in [2.45, 2.75) is 13.8 Å². The molecule has 2 N–H and O–H groups in total. The fourth-order valence-electron chi connectivity index (χ4n) is 2.87. The lowest BCUT2D eigenvalue weighted by Gasteiger charge is -2.33. The molecule has 134 valence electrons. The first-order valence-corrected chi connectivity index (χ1v) is 8.58. The van der Waals surface area contributed by atoms with Gasteiger partial charge in [-0.05, 0) is 43.7 Å². The number of hydrogen-bond donors (Lipinski definition) is 2. The van der Waals surface area contributed by atoms with Crippen molar-refractivity contribution in [2.75, 3.05) is 58.7 Å². The Morgan fingerprint density at radius 3 is 2.62 bits per heavy atom. The topological polar surface area (TPSA) is 56.8 Å². The van der Waals surface area contributed by atoms with Gasteiger partial charge in [-0.25, -0.2) is 4.79 Å². The van der Waals surface area contributed by atoms with Crippen molar-refractivity contribution in [1.82, 2.24) is 15.1 Å². The molecule has 0 saturated carbocycles. The summed E-state index contributed by atoms with van der Waals surface area (Å²) >= 11 is 0. The molecule has 1 saturated heterocycles. The van der Waals surface area contributed by atoms with Gasteiger partial charge in [0.15, 0.2) is 0 Å². The SMILES string of the molecule is COc1ccc(NC(=O)NC[C@H](C)CN2CCN(C)CC2)c(C)c1. The summed E-state index contributed by atoms with van der Waals surface area (Å²) in [5.41, 5.74) is 1.79. The maximum Gasteiger partial charge on any atom is 0.319 e. The molecule has 0 aromatic heterocycles. The van der Waals surface area contributed by atoms with Gasteiger partial charge in [-0.1, -0.05) is 6.92 Å². The second-order valence-electron chi connectivity index (χ2n) is 6.72. The van der Waals surface area contributed by atoms with E-state index in [9.17, 15) is 4.79 Å². The lowest BCUT2D eigenvalue weighted by Crippen LogP contribution is -2.47. The molecular weight excluding hydrogens is 304 g/mol. The number of rotatable bonds is 6. The van der Waals surface area contributed by atoms with Crippen molar-refractivity contribution in [3.05, 3.63) is 23.8 Å². The summed E-state index contributed by atoms with van der Waals surface area (Å²) in [4.78, 5) is 16.9. The highest BCUT2D eigenvalue weighted by atomic mass is 16.5. The van der Waals surface area contributed by atoms with E-state index in [2.05, 4.69) is 34.4 Å². The maximum absolute atomic E-state index is 12.1. The Balaban J connectivity index is 1.72. The summed E-state index contributed by atoms with van der Waals surface area (Å²) in [5.74, 6) is 1.22. The van der Waals surface area contributed by atoms with E-state index in [4.69, 9.17) is 4.74 Å². The largest absolute Gasteiger partial charge is 0.497 e. The Morgan fingerprint density at radius 1 is 1.29 bits per heavy atom. The number of amides is 2. The van der Waals surface area contributed by atoms with Gasteiger partial charge in [0.2, 0.25) is 0 Å². The van der Waals surface area contributed by atoms with E-state index in [1.54, 1.807) is 7.11 Å². The lowest BCUT2D eigenvalue weighted by atomic mass is 10.1. The number of nitrogens with zero attached hydrogens (tertiary/aromatic N) is 2. The monoisotopic (exact) mass is 334 g/mol. The van der Waals surface area contributed by atoms with Crippen LogP contribution in [0.5, 0.6) is 5.75 Å². The minimum absolute atomic E-state index is 0.159. The maximum atomic E-state index is 12.1. The van der Waals surface area contributed by atoms with Gasteiger partial charge in [-0.3, -0.25) is 0 Å². The Kier molecular flexibility index (Phi) is 6.87. The Hall–Kier alpha value is -1.79. The zero-order valence-electron chi connectivity index (χ0n) is 15.3. The molecule has 0 unspecified atom stereocenters. The van der Waals surface area contributed by atoms with Crippen molar-refractivity contribution in [3.8, 4) is 5.75 Å². The fraction of sp³-hybridized carbons (Fsp3) is 0.611. The molecule has 6 nitrogen and oxygen atoms in total. The molecule has 1 aliphatic heterocycles. The first-order chi connectivity index (χ1) is 11.5. The Bertz CT molecular complexity index is 542. The Labute approximate surface area is 145 Å². The zero-order chi connectivity index (χ0) is 17.5. The van der Waals surface area contributed by atoms with Crippen LogP contribution >= 0.6 is 0 Å². The van der Waals surface area contributed by atoms with Gasteiger partial charge in [0.05, 0.1) is 7.11 Å². The fourth-order valence-corrected chi connectivity index (χ4v) is 2.87. The molecule has 0 radical (unpaired) electrons. The van der Waals surface area contributed by atoms with Crippen LogP contribution in [0, 0.1) is 12.8 Å². The normalized spacial score (nSPS) is 17.3. The van der Waals surface area contributed by atoms with E-state index in [-0.39, 0.29) is 6.03 Å². The van der Waals surface area contributed by atoms with E-state index >= 15 is 0 Å². The van der Waals surface area contributed by atoms with Gasteiger partial charge in [0.1, 0.15) is 5.75 Å². The highest BCUT2D eigenvalue weighted by molar-refractivity contribution is 5.90. The summed E-state index contributed by atoms with van der Waals surface area (Å²) in [5, 5.41) is 5.87. The number of nitrogens with one attached hydrogen (secondary N) is 2. The number of methoxy groups -OCH3 is 1. The molecule has 24 heavy (non-hydrogen) atoms. The van der Waals surface area contributed by atoms with Crippen LogP contribution in [-0.2, 0) is 0 Å². The van der Waals surface area contributed by atoms with Gasteiger partial charge >= 0.3 is 6.03 Å². The number of piperazine rings is 1. The Morgan fingerprint density at radius 2 is 2.00 bits per heavy atom. The number of carbonyl (C=O) groups excluding carboxylic acids is 1. The summed E-state index contributed by atoms with van der Waals surface area (Å²) in [6, 6.07) is 5.46. The number of benzene rings is 1. The van der Waals surface area contributed by atoms with E-state index in [0.717, 1.165) is 49.7 Å². The number of carbonyl (C=O) groups is 1. The van der Waals surface area contributed by atoms with Crippen LogP contribution in [0.2, 0.25) is 0 Å². The number of urea groups is 1. The highest BCUT2D eigenvalue weighted by Crippen LogP contribution is 2.20. The average Bonchev–Trinajstić information content (AvgIpc) is 2.57. The molecule has 0 aliphatic carbocycles. The number of likely N-dealkylation sites (N-methyl/N-ethyl adjacent to an activating group) is 1. The van der Waals surface area contributed by atoms with Crippen LogP contribution in [0.15, 0.2) is 18.2 Å². The van der Waals surface area contributed by atoms with Crippen LogP contribution in [0.25, 0.3) is 0 Å². The highest BCUT2D eigenvalue weighted by Gasteiger charge is 2.16. The van der Waals surface area contributed by atoms with Crippen molar-refractivity contribution in [3.63, 3.8) is 0 Å². The third kappa shape index (κ3) is 5.69. The van der Waals surface area contributed by atoms with Crippen molar-refractivity contribution in [2.24, 2.45) is 5.92 Å². The van der Waals surface area contributed by atoms with Crippen LogP contribution in [-0.4, -0.2) is 69.3 Å². The third-order valence-electron chi connectivity index (χ3n) is 4.46. The number of aryl methyl sites for hydroxylation is 1. The standard InChI is InChI=1S/C18H30N4O2/c1-14(13-22-9-7-21(3)8-10-22)12-19-18(23)20-17-6-5-16(24-4)11-15(17)2/h5-6,11,14H,7-10,12-13H2,1-4H3,(H2,19,20,23)/t14-/m0/s1. The predicted molar refractivity (Wildman–Crippen MR) is 97.9 cm³/mol. The molecule has 0 bridgehead atoms. The molecule has 1 aromatic rings. The minimum atomic E-state index is -0.159. The van der Waals surface area contributed by atoms with Crippen molar-refractivity contribution in [1.29, 1.82) is 0 Å². The van der Waals surface area contributed by atoms with Crippen LogP contribution in [0.4, 0.5) is 10.5 Å². The van der Waals surface area contributed by atoms with Gasteiger partial charge < -0.3 is 25.2 Å². The van der Waals surface area contributed by atoms with E-state index in [1.807, 2.05) is 25.1 Å². The smallest absolute Gasteiger partial charge is 0.319 e. The number of ether oxygens (including phenoxy) is 1. The van der Waals surface area contributed by atoms with Crippen LogP contribution < -0.4 is 15.4 Å². The second kappa shape index (κ2) is 8.89. The predicted octanol–water partition coefficient (Wildman–Crippen LogP) is 2.01. The number of anilines is 1. The summed E-state index contributed by atoms with van der Waals surface area (Å²) in [7, 11) is 3.80. The van der Waals surface area contributed by atoms with Gasteiger partial charge in [0, 0.05) is 45.0 Å².